The van der Waals surface area contributed by atoms with Gasteiger partial charge < -0.3 is 4.74 Å². The molecule has 1 rings (SSSR count). The van der Waals surface area contributed by atoms with Gasteiger partial charge in [-0.05, 0) is 13.3 Å². The molecular formula is C8H10N2O2. The third kappa shape index (κ3) is 1.26. The lowest BCUT2D eigenvalue weighted by atomic mass is 10.00. The first kappa shape index (κ1) is 8.60. The van der Waals surface area contributed by atoms with E-state index in [1.165, 1.54) is 6.08 Å². The maximum Gasteiger partial charge on any atom is 0.412 e. The quantitative estimate of drug-likeness (QED) is 0.597. The smallest absolute Gasteiger partial charge is 0.412 e. The minimum atomic E-state index is -0.646. The van der Waals surface area contributed by atoms with Gasteiger partial charge >= 0.3 is 6.09 Å². The van der Waals surface area contributed by atoms with Gasteiger partial charge in [-0.25, -0.2) is 4.79 Å². The maximum absolute atomic E-state index is 10.8. The molecule has 0 unspecified atom stereocenters. The van der Waals surface area contributed by atoms with E-state index >= 15 is 0 Å². The van der Waals surface area contributed by atoms with Crippen molar-refractivity contribution in [2.75, 3.05) is 0 Å². The number of nitrogens with zero attached hydrogens (tertiary/aromatic N) is 1. The van der Waals surface area contributed by atoms with Crippen LogP contribution in [-0.4, -0.2) is 11.7 Å². The molecule has 1 N–H and O–H groups in total. The molecule has 4 heteroatoms. The summed E-state index contributed by atoms with van der Waals surface area (Å²) in [6.45, 7) is 3.67. The number of nitrogens with one attached hydrogen (secondary N) is 1. The zero-order valence-electron chi connectivity index (χ0n) is 7.05. The van der Waals surface area contributed by atoms with Crippen LogP contribution in [0.1, 0.15) is 20.3 Å². The lowest BCUT2D eigenvalue weighted by Gasteiger charge is -2.19. The van der Waals surface area contributed by atoms with Gasteiger partial charge in [0.15, 0.2) is 5.60 Å². The Morgan fingerprint density at radius 2 is 2.50 bits per heavy atom. The predicted molar refractivity (Wildman–Crippen MR) is 42.0 cm³/mol. The molecule has 0 saturated carbocycles. The molecule has 1 aliphatic heterocycles. The second-order valence-corrected chi connectivity index (χ2v) is 2.79. The van der Waals surface area contributed by atoms with E-state index in [-0.39, 0.29) is 0 Å². The second kappa shape index (κ2) is 2.86. The number of hydrogen-bond donors (Lipinski definition) is 1. The van der Waals surface area contributed by atoms with Crippen LogP contribution in [0.4, 0.5) is 4.79 Å². The Morgan fingerprint density at radius 1 is 1.83 bits per heavy atom. The summed E-state index contributed by atoms with van der Waals surface area (Å²) < 4.78 is 4.99. The molecule has 64 valence electrons. The first-order valence-electron chi connectivity index (χ1n) is 3.72. The van der Waals surface area contributed by atoms with E-state index in [1.54, 1.807) is 6.92 Å². The molecule has 1 fully saturated rings. The fourth-order valence-corrected chi connectivity index (χ4v) is 1.04. The van der Waals surface area contributed by atoms with E-state index in [2.05, 4.69) is 5.32 Å². The Bertz CT molecular complexity index is 277. The highest BCUT2D eigenvalue weighted by Gasteiger charge is 2.38. The van der Waals surface area contributed by atoms with E-state index in [0.717, 1.165) is 0 Å². The molecule has 1 amide bonds. The van der Waals surface area contributed by atoms with Gasteiger partial charge in [0.2, 0.25) is 0 Å². The van der Waals surface area contributed by atoms with E-state index < -0.39 is 11.7 Å². The molecule has 0 aromatic heterocycles. The number of allylic oxidation sites excluding steroid dienone is 1. The molecule has 12 heavy (non-hydrogen) atoms. The Balaban J connectivity index is 2.95. The van der Waals surface area contributed by atoms with Gasteiger partial charge in [-0.2, -0.15) is 5.26 Å². The van der Waals surface area contributed by atoms with Crippen LogP contribution in [0.15, 0.2) is 11.8 Å². The average Bonchev–Trinajstić information content (AvgIpc) is 2.29. The van der Waals surface area contributed by atoms with Crippen LogP contribution >= 0.6 is 0 Å². The summed E-state index contributed by atoms with van der Waals surface area (Å²) in [5, 5.41) is 10.9. The van der Waals surface area contributed by atoms with Gasteiger partial charge in [-0.1, -0.05) is 6.92 Å². The van der Waals surface area contributed by atoms with E-state index in [0.29, 0.717) is 12.1 Å². The lowest BCUT2D eigenvalue weighted by Crippen LogP contribution is -2.25. The minimum absolute atomic E-state index is 0.485. The number of carbonyl (C=O) groups is 1. The molecule has 1 heterocycles. The number of rotatable bonds is 1. The monoisotopic (exact) mass is 166 g/mol. The molecule has 0 aromatic rings. The summed E-state index contributed by atoms with van der Waals surface area (Å²) in [7, 11) is 0. The van der Waals surface area contributed by atoms with Crippen molar-refractivity contribution in [2.24, 2.45) is 0 Å². The van der Waals surface area contributed by atoms with Crippen LogP contribution in [-0.2, 0) is 4.74 Å². The molecule has 0 spiro atoms. The molecule has 1 aliphatic rings. The Hall–Kier alpha value is -1.50. The highest BCUT2D eigenvalue weighted by Crippen LogP contribution is 2.28. The molecule has 0 radical (unpaired) electrons. The van der Waals surface area contributed by atoms with Gasteiger partial charge in [0.1, 0.15) is 0 Å². The number of alkyl carbamates (subject to hydrolysis) is 1. The van der Waals surface area contributed by atoms with Crippen LogP contribution in [0.5, 0.6) is 0 Å². The topological polar surface area (TPSA) is 62.1 Å². The summed E-state index contributed by atoms with van der Waals surface area (Å²) in [6.07, 6.45) is 1.47. The molecule has 0 aliphatic carbocycles. The minimum Gasteiger partial charge on any atom is -0.437 e. The predicted octanol–water partition coefficient (Wildman–Crippen LogP) is 1.30. The van der Waals surface area contributed by atoms with Crippen molar-refractivity contribution in [3.05, 3.63) is 11.8 Å². The molecular weight excluding hydrogens is 156 g/mol. The molecule has 0 bridgehead atoms. The summed E-state index contributed by atoms with van der Waals surface area (Å²) in [4.78, 5) is 10.8. The summed E-state index contributed by atoms with van der Waals surface area (Å²) in [5.74, 6) is 0. The standard InChI is InChI=1S/C8H10N2O2/c1-3-8(2)6(4-5-9)10-7(11)12-8/h4H,3H2,1-2H3,(H,10,11)/b6-4-/t8-/m0/s1. The van der Waals surface area contributed by atoms with Crippen molar-refractivity contribution >= 4 is 6.09 Å². The number of amides is 1. The highest BCUT2D eigenvalue weighted by atomic mass is 16.6. The van der Waals surface area contributed by atoms with Gasteiger partial charge in [0.05, 0.1) is 11.8 Å². The van der Waals surface area contributed by atoms with Crippen LogP contribution in [0.3, 0.4) is 0 Å². The maximum atomic E-state index is 10.8. The van der Waals surface area contributed by atoms with Gasteiger partial charge in [0, 0.05) is 6.08 Å². The van der Waals surface area contributed by atoms with Crippen molar-refractivity contribution in [1.29, 1.82) is 5.26 Å². The van der Waals surface area contributed by atoms with Crippen molar-refractivity contribution < 1.29 is 9.53 Å². The lowest BCUT2D eigenvalue weighted by molar-refractivity contribution is 0.0816. The van der Waals surface area contributed by atoms with Crippen molar-refractivity contribution in [3.63, 3.8) is 0 Å². The first-order valence-corrected chi connectivity index (χ1v) is 3.72. The Morgan fingerprint density at radius 3 is 3.00 bits per heavy atom. The van der Waals surface area contributed by atoms with Gasteiger partial charge in [-0.15, -0.1) is 0 Å². The zero-order valence-corrected chi connectivity index (χ0v) is 7.05. The van der Waals surface area contributed by atoms with Crippen molar-refractivity contribution in [1.82, 2.24) is 5.32 Å². The van der Waals surface area contributed by atoms with Gasteiger partial charge in [-0.3, -0.25) is 5.32 Å². The Kier molecular flexibility index (Phi) is 2.05. The van der Waals surface area contributed by atoms with E-state index in [4.69, 9.17) is 10.00 Å². The largest absolute Gasteiger partial charge is 0.437 e. The van der Waals surface area contributed by atoms with Crippen LogP contribution in [0, 0.1) is 11.3 Å². The summed E-state index contributed by atoms with van der Waals surface area (Å²) in [6, 6.07) is 1.86. The third-order valence-electron chi connectivity index (χ3n) is 2.01. The Labute approximate surface area is 70.8 Å². The molecule has 0 aromatic carbocycles. The normalized spacial score (nSPS) is 31.1. The number of ether oxygens (including phenoxy) is 1. The number of hydrogen-bond acceptors (Lipinski definition) is 3. The average molecular weight is 166 g/mol. The van der Waals surface area contributed by atoms with Crippen LogP contribution in [0.2, 0.25) is 0 Å². The second-order valence-electron chi connectivity index (χ2n) is 2.79. The third-order valence-corrected chi connectivity index (χ3v) is 2.01. The first-order chi connectivity index (χ1) is 5.62. The number of nitriles is 1. The molecule has 1 saturated heterocycles. The SMILES string of the molecule is CC[C@]1(C)OC(=O)N/C1=C\C#N. The fraction of sp³-hybridized carbons (Fsp3) is 0.500. The van der Waals surface area contributed by atoms with E-state index in [1.807, 2.05) is 13.0 Å². The summed E-state index contributed by atoms with van der Waals surface area (Å²) >= 11 is 0. The number of carbonyl (C=O) groups excluding carboxylic acids is 1. The number of cyclic esters (lactones) is 1. The van der Waals surface area contributed by atoms with Crippen LogP contribution < -0.4 is 5.32 Å². The molecule has 1 atom stereocenters. The fourth-order valence-electron chi connectivity index (χ4n) is 1.04. The zero-order chi connectivity index (χ0) is 9.19. The van der Waals surface area contributed by atoms with E-state index in [9.17, 15) is 4.79 Å². The van der Waals surface area contributed by atoms with Crippen molar-refractivity contribution in [3.8, 4) is 6.07 Å². The molecule has 4 nitrogen and oxygen atoms in total. The van der Waals surface area contributed by atoms with Gasteiger partial charge in [0.25, 0.3) is 0 Å². The summed E-state index contributed by atoms with van der Waals surface area (Å²) in [5.41, 5.74) is -0.107. The van der Waals surface area contributed by atoms with Crippen molar-refractivity contribution in [2.45, 2.75) is 25.9 Å². The highest BCUT2D eigenvalue weighted by molar-refractivity contribution is 5.74. The van der Waals surface area contributed by atoms with Crippen LogP contribution in [0.25, 0.3) is 0 Å².